The summed E-state index contributed by atoms with van der Waals surface area (Å²) in [6.07, 6.45) is 0. The van der Waals surface area contributed by atoms with Gasteiger partial charge in [0.25, 0.3) is 0 Å². The Hall–Kier alpha value is -3.88. The summed E-state index contributed by atoms with van der Waals surface area (Å²) in [5.74, 6) is -3.57. The summed E-state index contributed by atoms with van der Waals surface area (Å²) in [6.45, 7) is 1.84. The van der Waals surface area contributed by atoms with Gasteiger partial charge in [0.15, 0.2) is 11.5 Å². The Kier molecular flexibility index (Phi) is 9.50. The minimum atomic E-state index is -1.37. The Morgan fingerprint density at radius 1 is 1.11 bits per heavy atom. The molecule has 0 bridgehead atoms. The van der Waals surface area contributed by atoms with E-state index in [9.17, 15) is 19.6 Å². The Morgan fingerprint density at radius 3 is 2.29 bits per heavy atom. The molecule has 0 spiro atoms. The second-order valence-corrected chi connectivity index (χ2v) is 9.47. The molecule has 12 heteroatoms. The van der Waals surface area contributed by atoms with Crippen LogP contribution < -0.4 is 24.8 Å². The third-order valence-corrected chi connectivity index (χ3v) is 7.26. The third-order valence-electron chi connectivity index (χ3n) is 5.83. The van der Waals surface area contributed by atoms with Crippen LogP contribution in [0.15, 0.2) is 40.9 Å². The van der Waals surface area contributed by atoms with Crippen LogP contribution in [-0.4, -0.2) is 52.0 Å². The number of thioether (sulfide) groups is 1. The standard InChI is InChI=1S/C26H26ClN3O7S/c1-13-6-7-15(10-17(13)27)29-20(31)12-38-25-16(11-28)21(22(24(32)30-25)26(33)37-5)14-8-18(34-2)23(36-4)19(9-14)35-3/h6-10,21-22H,12H2,1-5H3,(H,29,31)(H,30,32)/t21-,22+/m0/s1. The fourth-order valence-corrected chi connectivity index (χ4v) is 4.99. The number of amides is 2. The van der Waals surface area contributed by atoms with Crippen molar-refractivity contribution in [2.75, 3.05) is 39.5 Å². The maximum atomic E-state index is 13.1. The fourth-order valence-electron chi connectivity index (χ4n) is 3.97. The molecular formula is C26H26ClN3O7S. The summed E-state index contributed by atoms with van der Waals surface area (Å²) in [5, 5.41) is 16.1. The number of allylic oxidation sites excluding steroid dienone is 1. The number of methoxy groups -OCH3 is 4. The van der Waals surface area contributed by atoms with Gasteiger partial charge in [-0.1, -0.05) is 29.4 Å². The summed E-state index contributed by atoms with van der Waals surface area (Å²) < 4.78 is 21.1. The predicted octanol–water partition coefficient (Wildman–Crippen LogP) is 3.78. The summed E-state index contributed by atoms with van der Waals surface area (Å²) in [5.41, 5.74) is 1.84. The highest BCUT2D eigenvalue weighted by Gasteiger charge is 2.45. The zero-order chi connectivity index (χ0) is 28.0. The number of carbonyl (C=O) groups excluding carboxylic acids is 3. The van der Waals surface area contributed by atoms with Crippen LogP contribution in [0.4, 0.5) is 5.69 Å². The number of esters is 1. The van der Waals surface area contributed by atoms with Crippen molar-refractivity contribution in [3.05, 3.63) is 57.1 Å². The number of halogens is 1. The van der Waals surface area contributed by atoms with Gasteiger partial charge in [-0.3, -0.25) is 14.4 Å². The van der Waals surface area contributed by atoms with Crippen molar-refractivity contribution < 1.29 is 33.3 Å². The number of benzene rings is 2. The van der Waals surface area contributed by atoms with E-state index in [1.165, 1.54) is 21.3 Å². The second-order valence-electron chi connectivity index (χ2n) is 8.08. The first-order valence-corrected chi connectivity index (χ1v) is 12.6. The Labute approximate surface area is 229 Å². The molecule has 0 aromatic heterocycles. The number of rotatable bonds is 9. The first-order valence-electron chi connectivity index (χ1n) is 11.2. The largest absolute Gasteiger partial charge is 0.493 e. The van der Waals surface area contributed by atoms with Gasteiger partial charge in [-0.15, -0.1) is 0 Å². The molecule has 0 fully saturated rings. The lowest BCUT2D eigenvalue weighted by atomic mass is 9.78. The van der Waals surface area contributed by atoms with E-state index in [1.807, 2.05) is 6.92 Å². The number of carbonyl (C=O) groups is 3. The van der Waals surface area contributed by atoms with Crippen LogP contribution in [0, 0.1) is 24.2 Å². The molecule has 1 aliphatic heterocycles. The predicted molar refractivity (Wildman–Crippen MR) is 142 cm³/mol. The lowest BCUT2D eigenvalue weighted by molar-refractivity contribution is -0.150. The number of ether oxygens (including phenoxy) is 4. The molecule has 38 heavy (non-hydrogen) atoms. The van der Waals surface area contributed by atoms with E-state index in [2.05, 4.69) is 16.7 Å². The van der Waals surface area contributed by atoms with Crippen LogP contribution in [0.2, 0.25) is 5.02 Å². The van der Waals surface area contributed by atoms with Gasteiger partial charge in [-0.2, -0.15) is 5.26 Å². The van der Waals surface area contributed by atoms with E-state index in [4.69, 9.17) is 30.5 Å². The highest BCUT2D eigenvalue weighted by atomic mass is 35.5. The molecule has 2 N–H and O–H groups in total. The lowest BCUT2D eigenvalue weighted by Gasteiger charge is -2.31. The molecule has 10 nitrogen and oxygen atoms in total. The smallest absolute Gasteiger partial charge is 0.319 e. The van der Waals surface area contributed by atoms with Crippen molar-refractivity contribution in [2.45, 2.75) is 12.8 Å². The van der Waals surface area contributed by atoms with E-state index < -0.39 is 23.7 Å². The zero-order valence-corrected chi connectivity index (χ0v) is 22.9. The van der Waals surface area contributed by atoms with Crippen LogP contribution in [-0.2, 0) is 19.1 Å². The summed E-state index contributed by atoms with van der Waals surface area (Å²) in [6, 6.07) is 10.3. The number of aryl methyl sites for hydroxylation is 1. The normalized spacial score (nSPS) is 16.7. The van der Waals surface area contributed by atoms with Crippen LogP contribution in [0.5, 0.6) is 17.2 Å². The van der Waals surface area contributed by atoms with Crippen LogP contribution in [0.3, 0.4) is 0 Å². The zero-order valence-electron chi connectivity index (χ0n) is 21.3. The van der Waals surface area contributed by atoms with E-state index in [0.29, 0.717) is 22.0 Å². The van der Waals surface area contributed by atoms with Gasteiger partial charge in [0.2, 0.25) is 17.6 Å². The van der Waals surface area contributed by atoms with Gasteiger partial charge < -0.3 is 29.6 Å². The minimum absolute atomic E-state index is 0.0745. The van der Waals surface area contributed by atoms with E-state index in [0.717, 1.165) is 24.4 Å². The highest BCUT2D eigenvalue weighted by molar-refractivity contribution is 8.03. The molecule has 3 rings (SSSR count). The highest BCUT2D eigenvalue weighted by Crippen LogP contribution is 2.46. The third kappa shape index (κ3) is 5.98. The number of nitrogens with zero attached hydrogens (tertiary/aromatic N) is 1. The molecule has 0 radical (unpaired) electrons. The van der Waals surface area contributed by atoms with Gasteiger partial charge in [0.1, 0.15) is 5.92 Å². The summed E-state index contributed by atoms with van der Waals surface area (Å²) in [7, 11) is 5.45. The first-order chi connectivity index (χ1) is 18.2. The molecule has 200 valence electrons. The average molecular weight is 560 g/mol. The van der Waals surface area contributed by atoms with Gasteiger partial charge in [-0.05, 0) is 42.3 Å². The molecule has 0 aliphatic carbocycles. The average Bonchev–Trinajstić information content (AvgIpc) is 2.92. The van der Waals surface area contributed by atoms with Crippen LogP contribution in [0.1, 0.15) is 17.0 Å². The monoisotopic (exact) mass is 559 g/mol. The first kappa shape index (κ1) is 28.7. The maximum absolute atomic E-state index is 13.1. The minimum Gasteiger partial charge on any atom is -0.493 e. The molecule has 2 atom stereocenters. The molecule has 0 unspecified atom stereocenters. The van der Waals surface area contributed by atoms with E-state index in [-0.39, 0.29) is 33.8 Å². The van der Waals surface area contributed by atoms with E-state index in [1.54, 1.807) is 30.3 Å². The molecule has 2 amide bonds. The van der Waals surface area contributed by atoms with Crippen LogP contribution >= 0.6 is 23.4 Å². The summed E-state index contributed by atoms with van der Waals surface area (Å²) >= 11 is 7.08. The van der Waals surface area contributed by atoms with Gasteiger partial charge in [0, 0.05) is 16.6 Å². The number of hydrogen-bond acceptors (Lipinski definition) is 9. The fraction of sp³-hybridized carbons (Fsp3) is 0.308. The maximum Gasteiger partial charge on any atom is 0.319 e. The second kappa shape index (κ2) is 12.6. The van der Waals surface area contributed by atoms with Crippen molar-refractivity contribution in [3.8, 4) is 23.3 Å². The van der Waals surface area contributed by atoms with Crippen molar-refractivity contribution >= 4 is 46.8 Å². The molecule has 2 aromatic carbocycles. The van der Waals surface area contributed by atoms with Crippen LogP contribution in [0.25, 0.3) is 0 Å². The number of nitrogens with one attached hydrogen (secondary N) is 2. The van der Waals surface area contributed by atoms with Crippen molar-refractivity contribution in [2.24, 2.45) is 5.92 Å². The lowest BCUT2D eigenvalue weighted by Crippen LogP contribution is -2.44. The number of nitriles is 1. The molecule has 1 heterocycles. The molecule has 2 aromatic rings. The van der Waals surface area contributed by atoms with Crippen molar-refractivity contribution in [1.82, 2.24) is 5.32 Å². The molecule has 0 saturated heterocycles. The van der Waals surface area contributed by atoms with Gasteiger partial charge in [-0.25, -0.2) is 0 Å². The van der Waals surface area contributed by atoms with Gasteiger partial charge in [0.05, 0.1) is 50.9 Å². The Morgan fingerprint density at radius 2 is 1.76 bits per heavy atom. The molecular weight excluding hydrogens is 534 g/mol. The van der Waals surface area contributed by atoms with Gasteiger partial charge >= 0.3 is 5.97 Å². The summed E-state index contributed by atoms with van der Waals surface area (Å²) in [4.78, 5) is 38.4. The number of hydrogen-bond donors (Lipinski definition) is 2. The van der Waals surface area contributed by atoms with Crippen molar-refractivity contribution in [1.29, 1.82) is 5.26 Å². The SMILES string of the molecule is COC(=O)[C@H]1C(=O)NC(SCC(=O)Nc2ccc(C)c(Cl)c2)=C(C#N)[C@@H]1c1cc(OC)c(OC)c(OC)c1. The Bertz CT molecular complexity index is 1310. The molecule has 0 saturated carbocycles. The molecule has 1 aliphatic rings. The topological polar surface area (TPSA) is 136 Å². The quantitative estimate of drug-likeness (QED) is 0.347. The van der Waals surface area contributed by atoms with Crippen molar-refractivity contribution in [3.63, 3.8) is 0 Å². The Balaban J connectivity index is 2.01. The number of anilines is 1. The van der Waals surface area contributed by atoms with E-state index >= 15 is 0 Å².